The lowest BCUT2D eigenvalue weighted by atomic mass is 10.1. The van der Waals surface area contributed by atoms with Crippen molar-refractivity contribution in [3.05, 3.63) is 191 Å². The molecular formula is C88H68N4S12. The average molecular weight is 1570 g/mol. The first-order valence-electron chi connectivity index (χ1n) is 36.0. The molecule has 0 aliphatic rings. The van der Waals surface area contributed by atoms with Gasteiger partial charge in [-0.3, -0.25) is 0 Å². The van der Waals surface area contributed by atoms with Gasteiger partial charge in [0.05, 0.1) is 37.6 Å². The van der Waals surface area contributed by atoms with Crippen molar-refractivity contribution in [1.82, 2.24) is 18.3 Å². The third-order valence-electron chi connectivity index (χ3n) is 21.7. The van der Waals surface area contributed by atoms with Gasteiger partial charge in [-0.05, 0) is 217 Å². The third-order valence-corrected chi connectivity index (χ3v) is 36.3. The molecule has 16 heterocycles. The van der Waals surface area contributed by atoms with Crippen LogP contribution < -0.4 is 0 Å². The number of hydrogen-bond donors (Lipinski definition) is 0. The van der Waals surface area contributed by atoms with Gasteiger partial charge in [0.15, 0.2) is 0 Å². The maximum absolute atomic E-state index is 2.47. The molecule has 0 spiro atoms. The highest BCUT2D eigenvalue weighted by Crippen LogP contribution is 2.53. The van der Waals surface area contributed by atoms with E-state index in [0.717, 1.165) is 12.8 Å². The fraction of sp³-hybridized carbons (Fsp3) is 0.182. The van der Waals surface area contributed by atoms with Gasteiger partial charge in [-0.25, -0.2) is 0 Å². The number of rotatable bonds is 8. The molecule has 0 bridgehead atoms. The highest BCUT2D eigenvalue weighted by atomic mass is 32.1. The molecule has 0 saturated heterocycles. The Labute approximate surface area is 646 Å². The van der Waals surface area contributed by atoms with Crippen molar-refractivity contribution in [2.45, 2.75) is 92.2 Å². The predicted molar refractivity (Wildman–Crippen MR) is 482 cm³/mol. The van der Waals surface area contributed by atoms with Gasteiger partial charge in [0.25, 0.3) is 0 Å². The monoisotopic (exact) mass is 1560 g/mol. The highest BCUT2D eigenvalue weighted by molar-refractivity contribution is 7.39. The zero-order chi connectivity index (χ0) is 69.7. The molecule has 16 aromatic heterocycles. The van der Waals surface area contributed by atoms with Crippen molar-refractivity contribution in [1.29, 1.82) is 0 Å². The normalized spacial score (nSPS) is 13.2. The molecule has 0 aliphatic heterocycles. The van der Waals surface area contributed by atoms with Crippen LogP contribution in [-0.2, 0) is 26.9 Å². The van der Waals surface area contributed by atoms with Crippen LogP contribution in [0.4, 0.5) is 0 Å². The van der Waals surface area contributed by atoms with E-state index < -0.39 is 0 Å². The summed E-state index contributed by atoms with van der Waals surface area (Å²) >= 11 is 23.3. The first-order valence-corrected chi connectivity index (χ1v) is 45.9. The topological polar surface area (TPSA) is 19.7 Å². The van der Waals surface area contributed by atoms with E-state index in [1.54, 1.807) is 0 Å². The Morgan fingerprint density at radius 1 is 0.269 bits per heavy atom. The van der Waals surface area contributed by atoms with Crippen molar-refractivity contribution in [3.63, 3.8) is 0 Å². The van der Waals surface area contributed by atoms with Crippen LogP contribution in [0, 0.1) is 0 Å². The second-order valence-electron chi connectivity index (χ2n) is 28.0. The van der Waals surface area contributed by atoms with Gasteiger partial charge in [0.2, 0.25) is 0 Å². The fourth-order valence-electron chi connectivity index (χ4n) is 16.4. The molecule has 16 heteroatoms. The summed E-state index contributed by atoms with van der Waals surface area (Å²) in [7, 11) is 4.23. The lowest BCUT2D eigenvalue weighted by Crippen LogP contribution is -2.02. The number of aromatic nitrogens is 4. The minimum Gasteiger partial charge on any atom is -0.351 e. The second kappa shape index (κ2) is 25.0. The zero-order valence-corrected chi connectivity index (χ0v) is 68.2. The zero-order valence-electron chi connectivity index (χ0n) is 58.4. The van der Waals surface area contributed by atoms with Gasteiger partial charge >= 0.3 is 0 Å². The summed E-state index contributed by atoms with van der Waals surface area (Å²) in [6.07, 6.45) is 16.0. The fourth-order valence-corrected chi connectivity index (χ4v) is 31.3. The Kier molecular flexibility index (Phi) is 15.6. The standard InChI is InChI=1S/C28H30N2S2.C22H16S4.C20H14N2S2.C18H8S4/c1-5-7-17(3)29-15-13-19-23(29)11-9-21-25(19)31-28-22-10-12-24-20(26(22)32-27(21)28)14-16-30(24)18(4)8-6-2;1-3-13-5-11-7-15-19(9-17(11)23-13)25-22-16-8-12-6-14(4-2)24-18(12)10-20(16)26-21(15)22;1-21-9-7-11-15(21)5-3-13-17(11)23-20-14-4-6-16-12(8-10-22(16)2)18(14)24-19(13)20;1-3-19-13-7-11-15(5-9(1)13)21-18-12-8-14-10(2-4-20-14)6-16(12)22-17(11)18/h9-18H,5-8H2,1-4H3;5-10H,3-4H2,1-2H3;3-10H,1-2H3;1-8H. The van der Waals surface area contributed by atoms with E-state index in [1.165, 1.54) is 238 Å². The number of benzene rings is 8. The second-order valence-corrected chi connectivity index (χ2v) is 40.6. The summed E-state index contributed by atoms with van der Waals surface area (Å²) in [6, 6.07) is 57.1. The van der Waals surface area contributed by atoms with E-state index in [-0.39, 0.29) is 0 Å². The first kappa shape index (κ1) is 64.8. The maximum Gasteiger partial charge on any atom is 0.0542 e. The van der Waals surface area contributed by atoms with Crippen LogP contribution >= 0.6 is 136 Å². The van der Waals surface area contributed by atoms with Crippen molar-refractivity contribution < 1.29 is 0 Å². The molecule has 2 unspecified atom stereocenters. The molecule has 0 N–H and O–H groups in total. The van der Waals surface area contributed by atoms with Gasteiger partial charge in [-0.1, -0.05) is 40.5 Å². The molecule has 2 atom stereocenters. The van der Waals surface area contributed by atoms with E-state index in [2.05, 4.69) is 255 Å². The van der Waals surface area contributed by atoms with Crippen LogP contribution in [0.2, 0.25) is 0 Å². The van der Waals surface area contributed by atoms with E-state index in [9.17, 15) is 0 Å². The molecular weight excluding hydrogens is 1500 g/mol. The molecule has 0 radical (unpaired) electrons. The molecule has 24 aromatic rings. The van der Waals surface area contributed by atoms with Gasteiger partial charge in [-0.15, -0.1) is 136 Å². The summed E-state index contributed by atoms with van der Waals surface area (Å²) in [5.74, 6) is 0. The number of nitrogens with zero attached hydrogens (tertiary/aromatic N) is 4. The van der Waals surface area contributed by atoms with E-state index in [0.29, 0.717) is 12.1 Å². The van der Waals surface area contributed by atoms with E-state index in [4.69, 9.17) is 0 Å². The van der Waals surface area contributed by atoms with Crippen molar-refractivity contribution >= 4 is 338 Å². The molecule has 0 amide bonds. The summed E-state index contributed by atoms with van der Waals surface area (Å²) in [6.45, 7) is 13.7. The van der Waals surface area contributed by atoms with E-state index >= 15 is 0 Å². The van der Waals surface area contributed by atoms with Crippen molar-refractivity contribution in [2.75, 3.05) is 0 Å². The maximum atomic E-state index is 2.47. The van der Waals surface area contributed by atoms with Gasteiger partial charge < -0.3 is 18.3 Å². The first-order chi connectivity index (χ1) is 50.9. The number of hydrogen-bond acceptors (Lipinski definition) is 12. The van der Waals surface area contributed by atoms with Crippen molar-refractivity contribution in [3.8, 4) is 0 Å². The Hall–Kier alpha value is -7.52. The average Bonchev–Trinajstić information content (AvgIpc) is 1.61. The van der Waals surface area contributed by atoms with Crippen LogP contribution in [0.5, 0.6) is 0 Å². The van der Waals surface area contributed by atoms with Crippen LogP contribution in [0.15, 0.2) is 181 Å². The minimum absolute atomic E-state index is 0.546. The Morgan fingerprint density at radius 2 is 0.606 bits per heavy atom. The molecule has 24 rings (SSSR count). The molecule has 0 aliphatic carbocycles. The Morgan fingerprint density at radius 3 is 0.981 bits per heavy atom. The number of thiophene rings is 12. The molecule has 0 saturated carbocycles. The Bertz CT molecular complexity index is 7140. The van der Waals surface area contributed by atoms with Gasteiger partial charge in [0, 0.05) is 204 Å². The number of aryl methyl sites for hydroxylation is 4. The number of fused-ring (bicyclic) bond motifs is 32. The molecule has 8 aromatic carbocycles. The molecule has 0 fully saturated rings. The van der Waals surface area contributed by atoms with E-state index in [1.807, 2.05) is 136 Å². The van der Waals surface area contributed by atoms with Crippen LogP contribution in [-0.4, -0.2) is 18.3 Å². The summed E-state index contributed by atoms with van der Waals surface area (Å²) in [4.78, 5) is 2.97. The van der Waals surface area contributed by atoms with Crippen LogP contribution in [0.1, 0.15) is 89.1 Å². The summed E-state index contributed by atoms with van der Waals surface area (Å²) in [5.41, 5.74) is 5.37. The van der Waals surface area contributed by atoms with Crippen molar-refractivity contribution in [2.24, 2.45) is 14.1 Å². The molecule has 4 nitrogen and oxygen atoms in total. The highest BCUT2D eigenvalue weighted by Gasteiger charge is 2.23. The third kappa shape index (κ3) is 10.1. The Balaban J connectivity index is 0.0000000904. The summed E-state index contributed by atoms with van der Waals surface area (Å²) < 4.78 is 38.1. The van der Waals surface area contributed by atoms with Crippen LogP contribution in [0.3, 0.4) is 0 Å². The predicted octanol–water partition coefficient (Wildman–Crippen LogP) is 32.7. The van der Waals surface area contributed by atoms with Crippen LogP contribution in [0.25, 0.3) is 202 Å². The smallest absolute Gasteiger partial charge is 0.0542 e. The minimum atomic E-state index is 0.546. The molecule has 512 valence electrons. The largest absolute Gasteiger partial charge is 0.351 e. The van der Waals surface area contributed by atoms with Gasteiger partial charge in [-0.2, -0.15) is 0 Å². The lowest BCUT2D eigenvalue weighted by Gasteiger charge is -2.14. The quantitative estimate of drug-likeness (QED) is 0.144. The SMILES string of the molecule is CCCC(C)n1ccc2c3sc4c5ccc6c(ccn6C(C)CCC)c5sc4c3ccc21.CCc1cc2cc3c(cc2s1)sc1c2cc4cc(CC)sc4cc2sc31.Cn1ccc2c3sc4c5ccc6c(ccn6C)c5sc4c3ccc21.c1cc2cc3sc4c5cc6sccc6cc5sc4c3cc2s1. The molecule has 104 heavy (non-hydrogen) atoms. The lowest BCUT2D eigenvalue weighted by molar-refractivity contribution is 0.515. The summed E-state index contributed by atoms with van der Waals surface area (Å²) in [5, 5.41) is 26.9. The van der Waals surface area contributed by atoms with Gasteiger partial charge in [0.1, 0.15) is 0 Å².